The molecular formula is C23H26F3N3O2. The van der Waals surface area contributed by atoms with E-state index in [1.165, 1.54) is 18.9 Å². The second-order valence-corrected chi connectivity index (χ2v) is 8.95. The number of carbonyl (C=O) groups excluding carboxylic acids is 1. The number of anilines is 2. The number of alkyl halides is 3. The third-order valence-electron chi connectivity index (χ3n) is 6.53. The molecule has 4 rings (SSSR count). The molecule has 2 aromatic rings. The lowest BCUT2D eigenvalue weighted by Gasteiger charge is -2.35. The van der Waals surface area contributed by atoms with E-state index in [0.29, 0.717) is 31.1 Å². The maximum absolute atomic E-state index is 13.4. The summed E-state index contributed by atoms with van der Waals surface area (Å²) >= 11 is 0. The molecule has 1 aromatic carbocycles. The number of amides is 1. The first-order chi connectivity index (χ1) is 14.5. The number of nitrogens with zero attached hydrogens (tertiary/aromatic N) is 2. The van der Waals surface area contributed by atoms with Gasteiger partial charge >= 0.3 is 6.18 Å². The molecule has 1 atom stereocenters. The van der Waals surface area contributed by atoms with Gasteiger partial charge in [0.05, 0.1) is 11.3 Å². The predicted octanol–water partition coefficient (Wildman–Crippen LogP) is 4.79. The number of piperidine rings is 1. The van der Waals surface area contributed by atoms with Crippen LogP contribution in [0.15, 0.2) is 36.4 Å². The van der Waals surface area contributed by atoms with Gasteiger partial charge in [0.25, 0.3) is 5.91 Å². The van der Waals surface area contributed by atoms with Crippen molar-refractivity contribution >= 4 is 17.4 Å². The summed E-state index contributed by atoms with van der Waals surface area (Å²) in [6.07, 6.45) is -0.681. The number of benzene rings is 1. The SMILES string of the molecule is Cc1cccc(NC(=O)c2ccc(C(C)(O)C(F)(F)F)nc2N2CCC3(CC2)CC3)c1. The van der Waals surface area contributed by atoms with E-state index >= 15 is 0 Å². The highest BCUT2D eigenvalue weighted by Crippen LogP contribution is 2.54. The number of hydrogen-bond donors (Lipinski definition) is 2. The van der Waals surface area contributed by atoms with Gasteiger partial charge in [-0.2, -0.15) is 13.2 Å². The van der Waals surface area contributed by atoms with Gasteiger partial charge < -0.3 is 15.3 Å². The molecule has 1 unspecified atom stereocenters. The minimum Gasteiger partial charge on any atom is -0.375 e. The van der Waals surface area contributed by atoms with Crippen molar-refractivity contribution in [2.75, 3.05) is 23.3 Å². The average molecular weight is 433 g/mol. The quantitative estimate of drug-likeness (QED) is 0.728. The molecule has 1 spiro atoms. The smallest absolute Gasteiger partial charge is 0.375 e. The van der Waals surface area contributed by atoms with Crippen molar-refractivity contribution in [3.8, 4) is 0 Å². The number of aryl methyl sites for hydroxylation is 1. The highest BCUT2D eigenvalue weighted by atomic mass is 19.4. The molecule has 8 heteroatoms. The first-order valence-electron chi connectivity index (χ1n) is 10.4. The van der Waals surface area contributed by atoms with Gasteiger partial charge in [-0.1, -0.05) is 12.1 Å². The molecule has 2 fully saturated rings. The van der Waals surface area contributed by atoms with Crippen LogP contribution in [-0.4, -0.2) is 35.3 Å². The standard InChI is InChI=1S/C23H26F3N3O2/c1-15-4-3-5-16(14-15)27-20(30)17-6-7-18(21(2,31)23(24,25)26)28-19(17)29-12-10-22(8-9-22)11-13-29/h3-7,14,31H,8-13H2,1-2H3,(H,27,30). The van der Waals surface area contributed by atoms with E-state index in [-0.39, 0.29) is 11.4 Å². The van der Waals surface area contributed by atoms with Gasteiger partial charge in [-0.3, -0.25) is 4.79 Å². The minimum absolute atomic E-state index is 0.183. The van der Waals surface area contributed by atoms with Crippen LogP contribution in [0.3, 0.4) is 0 Å². The molecule has 1 saturated heterocycles. The topological polar surface area (TPSA) is 65.5 Å². The number of halogens is 3. The lowest BCUT2D eigenvalue weighted by molar-refractivity contribution is -0.260. The maximum atomic E-state index is 13.4. The second-order valence-electron chi connectivity index (χ2n) is 8.95. The summed E-state index contributed by atoms with van der Waals surface area (Å²) < 4.78 is 40.2. The van der Waals surface area contributed by atoms with Crippen molar-refractivity contribution in [2.24, 2.45) is 5.41 Å². The van der Waals surface area contributed by atoms with Gasteiger partial charge in [0, 0.05) is 18.8 Å². The van der Waals surface area contributed by atoms with E-state index in [0.717, 1.165) is 24.5 Å². The molecule has 1 amide bonds. The number of nitrogens with one attached hydrogen (secondary N) is 1. The Hall–Kier alpha value is -2.61. The first-order valence-corrected chi connectivity index (χ1v) is 10.4. The molecule has 2 N–H and O–H groups in total. The maximum Gasteiger partial charge on any atom is 0.422 e. The highest BCUT2D eigenvalue weighted by Gasteiger charge is 2.53. The molecule has 1 aromatic heterocycles. The van der Waals surface area contributed by atoms with Crippen LogP contribution in [0.5, 0.6) is 0 Å². The van der Waals surface area contributed by atoms with Gasteiger partial charge in [0.1, 0.15) is 5.82 Å². The van der Waals surface area contributed by atoms with Crippen LogP contribution in [0.4, 0.5) is 24.7 Å². The van der Waals surface area contributed by atoms with Crippen LogP contribution in [-0.2, 0) is 5.60 Å². The lowest BCUT2D eigenvalue weighted by Crippen LogP contribution is -2.41. The third-order valence-corrected chi connectivity index (χ3v) is 6.53. The van der Waals surface area contributed by atoms with E-state index in [1.807, 2.05) is 30.0 Å². The van der Waals surface area contributed by atoms with Crippen molar-refractivity contribution in [3.63, 3.8) is 0 Å². The van der Waals surface area contributed by atoms with Crippen molar-refractivity contribution < 1.29 is 23.1 Å². The summed E-state index contributed by atoms with van der Waals surface area (Å²) in [4.78, 5) is 19.1. The monoisotopic (exact) mass is 433 g/mol. The van der Waals surface area contributed by atoms with Gasteiger partial charge in [0.2, 0.25) is 0 Å². The highest BCUT2D eigenvalue weighted by molar-refractivity contribution is 6.07. The van der Waals surface area contributed by atoms with Gasteiger partial charge in [-0.05, 0) is 74.8 Å². The molecule has 166 valence electrons. The molecule has 5 nitrogen and oxygen atoms in total. The fraction of sp³-hybridized carbons (Fsp3) is 0.478. The first kappa shape index (κ1) is 21.6. The number of aliphatic hydroxyl groups is 1. The van der Waals surface area contributed by atoms with E-state index in [4.69, 9.17) is 0 Å². The van der Waals surface area contributed by atoms with E-state index < -0.39 is 23.4 Å². The zero-order valence-corrected chi connectivity index (χ0v) is 17.6. The minimum atomic E-state index is -4.89. The second kappa shape index (κ2) is 7.51. The molecule has 31 heavy (non-hydrogen) atoms. The van der Waals surface area contributed by atoms with E-state index in [1.54, 1.807) is 6.07 Å². The predicted molar refractivity (Wildman–Crippen MR) is 112 cm³/mol. The Balaban J connectivity index is 1.68. The fourth-order valence-corrected chi connectivity index (χ4v) is 4.07. The summed E-state index contributed by atoms with van der Waals surface area (Å²) in [5, 5.41) is 12.9. The zero-order chi connectivity index (χ0) is 22.4. The normalized spacial score (nSPS) is 19.7. The number of aromatic nitrogens is 1. The Morgan fingerprint density at radius 3 is 2.39 bits per heavy atom. The zero-order valence-electron chi connectivity index (χ0n) is 17.6. The van der Waals surface area contributed by atoms with Crippen LogP contribution in [0.2, 0.25) is 0 Å². The average Bonchev–Trinajstić information content (AvgIpc) is 3.46. The molecule has 2 heterocycles. The number of pyridine rings is 1. The molecule has 1 aliphatic carbocycles. The molecule has 2 aliphatic rings. The Bertz CT molecular complexity index is 990. The number of carbonyl (C=O) groups is 1. The molecular weight excluding hydrogens is 407 g/mol. The van der Waals surface area contributed by atoms with Crippen molar-refractivity contribution in [2.45, 2.75) is 51.3 Å². The summed E-state index contributed by atoms with van der Waals surface area (Å²) in [6, 6.07) is 9.68. The van der Waals surface area contributed by atoms with E-state index in [2.05, 4.69) is 10.3 Å². The molecule has 0 bridgehead atoms. The van der Waals surface area contributed by atoms with Crippen LogP contribution in [0.1, 0.15) is 54.2 Å². The van der Waals surface area contributed by atoms with Gasteiger partial charge in [0.15, 0.2) is 5.60 Å². The van der Waals surface area contributed by atoms with Crippen molar-refractivity contribution in [1.82, 2.24) is 4.98 Å². The Morgan fingerprint density at radius 2 is 1.81 bits per heavy atom. The van der Waals surface area contributed by atoms with Crippen LogP contribution in [0, 0.1) is 12.3 Å². The Kier molecular flexibility index (Phi) is 5.24. The Labute approximate surface area is 179 Å². The largest absolute Gasteiger partial charge is 0.422 e. The number of hydrogen-bond acceptors (Lipinski definition) is 4. The number of rotatable bonds is 4. The van der Waals surface area contributed by atoms with E-state index in [9.17, 15) is 23.1 Å². The van der Waals surface area contributed by atoms with Crippen LogP contribution >= 0.6 is 0 Å². The summed E-state index contributed by atoms with van der Waals surface area (Å²) in [6.45, 7) is 3.82. The molecule has 1 aliphatic heterocycles. The van der Waals surface area contributed by atoms with Crippen molar-refractivity contribution in [1.29, 1.82) is 0 Å². The summed E-state index contributed by atoms with van der Waals surface area (Å²) in [7, 11) is 0. The third kappa shape index (κ3) is 4.26. The van der Waals surface area contributed by atoms with Crippen LogP contribution < -0.4 is 10.2 Å². The molecule has 1 saturated carbocycles. The molecule has 0 radical (unpaired) electrons. The van der Waals surface area contributed by atoms with Gasteiger partial charge in [-0.25, -0.2) is 4.98 Å². The fourth-order valence-electron chi connectivity index (χ4n) is 4.07. The van der Waals surface area contributed by atoms with Crippen molar-refractivity contribution in [3.05, 3.63) is 53.2 Å². The van der Waals surface area contributed by atoms with Gasteiger partial charge in [-0.15, -0.1) is 0 Å². The lowest BCUT2D eigenvalue weighted by atomic mass is 9.93. The van der Waals surface area contributed by atoms with Crippen LogP contribution in [0.25, 0.3) is 0 Å². The Morgan fingerprint density at radius 1 is 1.13 bits per heavy atom. The summed E-state index contributed by atoms with van der Waals surface area (Å²) in [5.41, 5.74) is -1.52. The summed E-state index contributed by atoms with van der Waals surface area (Å²) in [5.74, 6) is -0.263.